The van der Waals surface area contributed by atoms with Gasteiger partial charge in [0.15, 0.2) is 11.7 Å². The molecule has 2 heteroatoms. The van der Waals surface area contributed by atoms with Gasteiger partial charge in [0.05, 0.1) is 5.56 Å². The van der Waals surface area contributed by atoms with Crippen molar-refractivity contribution in [2.45, 2.75) is 52.0 Å². The molecule has 2 nitrogen and oxygen atoms in total. The van der Waals surface area contributed by atoms with Gasteiger partial charge in [0.1, 0.15) is 0 Å². The molecule has 1 N–H and O–H groups in total. The number of aromatic nitrogens is 1. The monoisotopic (exact) mass is 321 g/mol. The van der Waals surface area contributed by atoms with Gasteiger partial charge in [-0.15, -0.1) is 0 Å². The number of hydrogen-bond donors (Lipinski definition) is 1. The van der Waals surface area contributed by atoms with E-state index in [9.17, 15) is 0 Å². The lowest BCUT2D eigenvalue weighted by atomic mass is 9.75. The van der Waals surface area contributed by atoms with Crippen LogP contribution in [0.25, 0.3) is 16.8 Å². The van der Waals surface area contributed by atoms with Gasteiger partial charge in [-0.05, 0) is 30.2 Å². The van der Waals surface area contributed by atoms with E-state index >= 15 is 0 Å². The van der Waals surface area contributed by atoms with Crippen LogP contribution >= 0.6 is 0 Å². The SMILES string of the molecule is C=C1c2ccc(NCCCC)cc2-c2cccc[n+]2C1(CC)CC. The molecule has 1 aromatic carbocycles. The summed E-state index contributed by atoms with van der Waals surface area (Å²) in [5, 5.41) is 3.55. The first-order valence-electron chi connectivity index (χ1n) is 9.27. The minimum absolute atomic E-state index is 0.0131. The normalized spacial score (nSPS) is 14.9. The highest BCUT2D eigenvalue weighted by Gasteiger charge is 2.46. The maximum atomic E-state index is 4.51. The fraction of sp³-hybridized carbons (Fsp3) is 0.409. The summed E-state index contributed by atoms with van der Waals surface area (Å²) in [5.74, 6) is 0. The molecule has 0 bridgehead atoms. The van der Waals surface area contributed by atoms with E-state index in [4.69, 9.17) is 0 Å². The largest absolute Gasteiger partial charge is 0.385 e. The van der Waals surface area contributed by atoms with Gasteiger partial charge in [0, 0.05) is 42.8 Å². The van der Waals surface area contributed by atoms with Crippen molar-refractivity contribution in [1.29, 1.82) is 0 Å². The molecule has 24 heavy (non-hydrogen) atoms. The van der Waals surface area contributed by atoms with Crippen molar-refractivity contribution >= 4 is 11.3 Å². The maximum Gasteiger partial charge on any atom is 0.213 e. The predicted octanol–water partition coefficient (Wildman–Crippen LogP) is 5.40. The van der Waals surface area contributed by atoms with Crippen LogP contribution in [-0.2, 0) is 5.54 Å². The average molecular weight is 321 g/mol. The van der Waals surface area contributed by atoms with E-state index in [2.05, 4.69) is 79.8 Å². The highest BCUT2D eigenvalue weighted by molar-refractivity contribution is 5.84. The molecule has 0 fully saturated rings. The summed E-state index contributed by atoms with van der Waals surface area (Å²) < 4.78 is 2.44. The number of hydrogen-bond acceptors (Lipinski definition) is 1. The first-order valence-corrected chi connectivity index (χ1v) is 9.27. The molecule has 1 aliphatic rings. The molecule has 1 aliphatic heterocycles. The lowest BCUT2D eigenvalue weighted by molar-refractivity contribution is -0.741. The van der Waals surface area contributed by atoms with Gasteiger partial charge in [-0.3, -0.25) is 0 Å². The van der Waals surface area contributed by atoms with Crippen LogP contribution in [0.5, 0.6) is 0 Å². The Labute approximate surface area is 146 Å². The van der Waals surface area contributed by atoms with E-state index < -0.39 is 0 Å². The van der Waals surface area contributed by atoms with Crippen LogP contribution in [-0.4, -0.2) is 6.54 Å². The van der Waals surface area contributed by atoms with Crippen molar-refractivity contribution in [3.63, 3.8) is 0 Å². The van der Waals surface area contributed by atoms with Crippen molar-refractivity contribution in [2.24, 2.45) is 0 Å². The van der Waals surface area contributed by atoms with Gasteiger partial charge in [0.2, 0.25) is 5.69 Å². The minimum Gasteiger partial charge on any atom is -0.385 e. The molecule has 0 saturated carbocycles. The zero-order valence-electron chi connectivity index (χ0n) is 15.2. The Bertz CT molecular complexity index is 741. The topological polar surface area (TPSA) is 15.9 Å². The van der Waals surface area contributed by atoms with E-state index in [1.54, 1.807) is 0 Å². The van der Waals surface area contributed by atoms with Crippen LogP contribution in [0.2, 0.25) is 0 Å². The van der Waals surface area contributed by atoms with E-state index in [1.165, 1.54) is 40.9 Å². The van der Waals surface area contributed by atoms with Crippen molar-refractivity contribution in [3.8, 4) is 11.3 Å². The molecule has 2 aromatic rings. The van der Waals surface area contributed by atoms with Crippen molar-refractivity contribution < 1.29 is 4.57 Å². The summed E-state index contributed by atoms with van der Waals surface area (Å²) in [4.78, 5) is 0. The zero-order valence-corrected chi connectivity index (χ0v) is 15.2. The molecule has 126 valence electrons. The maximum absolute atomic E-state index is 4.51. The second kappa shape index (κ2) is 6.80. The number of allylic oxidation sites excluding steroid dienone is 1. The number of benzene rings is 1. The molecule has 1 aromatic heterocycles. The molecular weight excluding hydrogens is 292 g/mol. The molecule has 0 atom stereocenters. The molecular formula is C22H29N2+. The van der Waals surface area contributed by atoms with Crippen LogP contribution < -0.4 is 9.88 Å². The minimum atomic E-state index is -0.0131. The Morgan fingerprint density at radius 2 is 1.83 bits per heavy atom. The van der Waals surface area contributed by atoms with Crippen LogP contribution in [0.4, 0.5) is 5.69 Å². The third kappa shape index (κ3) is 2.54. The van der Waals surface area contributed by atoms with Gasteiger partial charge in [0.25, 0.3) is 0 Å². The van der Waals surface area contributed by atoms with Gasteiger partial charge in [-0.1, -0.05) is 39.8 Å². The average Bonchev–Trinajstić information content (AvgIpc) is 2.63. The molecule has 0 radical (unpaired) electrons. The Kier molecular flexibility index (Phi) is 4.75. The fourth-order valence-electron chi connectivity index (χ4n) is 3.99. The van der Waals surface area contributed by atoms with Crippen LogP contribution in [0, 0.1) is 0 Å². The fourth-order valence-corrected chi connectivity index (χ4v) is 3.99. The quantitative estimate of drug-likeness (QED) is 0.557. The Morgan fingerprint density at radius 3 is 2.54 bits per heavy atom. The van der Waals surface area contributed by atoms with Gasteiger partial charge in [-0.25, -0.2) is 0 Å². The number of fused-ring (bicyclic) bond motifs is 3. The Balaban J connectivity index is 2.11. The third-order valence-electron chi connectivity index (χ3n) is 5.53. The number of unbranched alkanes of at least 4 members (excludes halogenated alkanes) is 1. The first-order chi connectivity index (χ1) is 11.7. The number of nitrogens with one attached hydrogen (secondary N) is 1. The van der Waals surface area contributed by atoms with Crippen molar-refractivity contribution in [2.75, 3.05) is 11.9 Å². The summed E-state index contributed by atoms with van der Waals surface area (Å²) in [7, 11) is 0. The smallest absolute Gasteiger partial charge is 0.213 e. The lowest BCUT2D eigenvalue weighted by Crippen LogP contribution is -2.59. The lowest BCUT2D eigenvalue weighted by Gasteiger charge is -2.34. The highest BCUT2D eigenvalue weighted by atomic mass is 15.1. The summed E-state index contributed by atoms with van der Waals surface area (Å²) in [5.41, 5.74) is 6.31. The number of pyridine rings is 1. The Hall–Kier alpha value is -2.09. The van der Waals surface area contributed by atoms with Crippen LogP contribution in [0.1, 0.15) is 52.0 Å². The van der Waals surface area contributed by atoms with E-state index in [-0.39, 0.29) is 5.54 Å². The molecule has 0 unspecified atom stereocenters. The van der Waals surface area contributed by atoms with Gasteiger partial charge < -0.3 is 5.32 Å². The molecule has 0 spiro atoms. The van der Waals surface area contributed by atoms with E-state index in [1.807, 2.05) is 0 Å². The van der Waals surface area contributed by atoms with E-state index in [0.717, 1.165) is 19.4 Å². The van der Waals surface area contributed by atoms with Crippen LogP contribution in [0.15, 0.2) is 49.2 Å². The highest BCUT2D eigenvalue weighted by Crippen LogP contribution is 2.43. The standard InChI is InChI=1S/C22H29N2/c1-5-8-14-23-18-12-13-19-17(4)22(6-2,7-3)24-15-10-9-11-21(24)20(19)16-18/h9-13,15-16,23H,4-8,14H2,1-3H3/q+1. The number of rotatable bonds is 6. The summed E-state index contributed by atoms with van der Waals surface area (Å²) in [6.45, 7) is 12.3. The van der Waals surface area contributed by atoms with Gasteiger partial charge >= 0.3 is 0 Å². The van der Waals surface area contributed by atoms with Crippen molar-refractivity contribution in [3.05, 3.63) is 54.7 Å². The van der Waals surface area contributed by atoms with Crippen LogP contribution in [0.3, 0.4) is 0 Å². The number of anilines is 1. The van der Waals surface area contributed by atoms with Crippen molar-refractivity contribution in [1.82, 2.24) is 0 Å². The summed E-state index contributed by atoms with van der Waals surface area (Å²) in [6, 6.07) is 13.2. The molecule has 0 amide bonds. The molecule has 2 heterocycles. The zero-order chi connectivity index (χ0) is 17.2. The third-order valence-corrected chi connectivity index (χ3v) is 5.53. The predicted molar refractivity (Wildman–Crippen MR) is 103 cm³/mol. The summed E-state index contributed by atoms with van der Waals surface area (Å²) >= 11 is 0. The summed E-state index contributed by atoms with van der Waals surface area (Å²) in [6.07, 6.45) is 6.74. The molecule has 3 rings (SSSR count). The first kappa shape index (κ1) is 16.8. The van der Waals surface area contributed by atoms with E-state index in [0.29, 0.717) is 0 Å². The second-order valence-electron chi connectivity index (χ2n) is 6.71. The molecule has 0 saturated heterocycles. The van der Waals surface area contributed by atoms with Gasteiger partial charge in [-0.2, -0.15) is 4.57 Å². The molecule has 0 aliphatic carbocycles. The Morgan fingerprint density at radius 1 is 1.04 bits per heavy atom. The second-order valence-corrected chi connectivity index (χ2v) is 6.71. The number of nitrogens with zero attached hydrogens (tertiary/aromatic N) is 1.